The van der Waals surface area contributed by atoms with E-state index < -0.39 is 5.54 Å². The number of carbonyl (C=O) groups excluding carboxylic acids is 1. The summed E-state index contributed by atoms with van der Waals surface area (Å²) in [5.41, 5.74) is 5.11. The Labute approximate surface area is 120 Å². The Bertz CT molecular complexity index is 299. The van der Waals surface area contributed by atoms with Crippen molar-refractivity contribution in [3.63, 3.8) is 0 Å². The molecule has 0 heterocycles. The maximum atomic E-state index is 11.9. The van der Waals surface area contributed by atoms with Gasteiger partial charge in [-0.15, -0.1) is 0 Å². The zero-order valence-electron chi connectivity index (χ0n) is 12.3. The predicted octanol–water partition coefficient (Wildman–Crippen LogP) is 1.66. The fourth-order valence-electron chi connectivity index (χ4n) is 2.90. The third-order valence-electron chi connectivity index (χ3n) is 3.70. The number of hydrogen-bond donors (Lipinski definition) is 3. The van der Waals surface area contributed by atoms with Crippen molar-refractivity contribution in [2.75, 3.05) is 6.61 Å². The molecule has 0 aromatic rings. The van der Waals surface area contributed by atoms with Gasteiger partial charge in [0.25, 0.3) is 0 Å². The minimum atomic E-state index is -0.539. The smallest absolute Gasteiger partial charge is 0.237 e. The zero-order chi connectivity index (χ0) is 14.5. The van der Waals surface area contributed by atoms with Gasteiger partial charge in [-0.05, 0) is 46.0 Å². The normalized spacial score (nSPS) is 29.4. The number of primary amides is 1. The van der Waals surface area contributed by atoms with Gasteiger partial charge in [0.2, 0.25) is 5.91 Å². The topological polar surface area (TPSA) is 75.3 Å². The summed E-state index contributed by atoms with van der Waals surface area (Å²) in [5, 5.41) is 13.3. The monoisotopic (exact) mass is 288 g/mol. The largest absolute Gasteiger partial charge is 0.396 e. The molecule has 4 N–H and O–H groups in total. The van der Waals surface area contributed by atoms with Crippen LogP contribution in [-0.2, 0) is 4.79 Å². The number of aliphatic hydroxyl groups excluding tert-OH is 1. The molecule has 112 valence electrons. The lowest BCUT2D eigenvalue weighted by molar-refractivity contribution is -0.126. The molecule has 0 bridgehead atoms. The van der Waals surface area contributed by atoms with Gasteiger partial charge >= 0.3 is 0 Å². The molecule has 1 aliphatic carbocycles. The highest BCUT2D eigenvalue weighted by Gasteiger charge is 2.41. The van der Waals surface area contributed by atoms with Gasteiger partial charge in [0.1, 0.15) is 0 Å². The average Bonchev–Trinajstić information content (AvgIpc) is 2.28. The van der Waals surface area contributed by atoms with E-state index in [2.05, 4.69) is 26.1 Å². The molecular formula is C14H28N2O2S. The summed E-state index contributed by atoms with van der Waals surface area (Å²) in [6.07, 6.45) is 4.62. The molecule has 4 nitrogen and oxygen atoms in total. The summed E-state index contributed by atoms with van der Waals surface area (Å²) in [5.74, 6) is -0.221. The van der Waals surface area contributed by atoms with Crippen LogP contribution < -0.4 is 11.1 Å². The SMILES string of the molecule is CC(C)NC1(C(N)=O)CCCC(SC(C)CCO)C1. The van der Waals surface area contributed by atoms with E-state index in [1.807, 2.05) is 11.8 Å². The fourth-order valence-corrected chi connectivity index (χ4v) is 4.48. The van der Waals surface area contributed by atoms with Crippen LogP contribution in [-0.4, -0.2) is 39.7 Å². The van der Waals surface area contributed by atoms with Gasteiger partial charge in [-0.1, -0.05) is 6.92 Å². The highest BCUT2D eigenvalue weighted by molar-refractivity contribution is 8.00. The molecule has 1 aliphatic rings. The molecule has 0 aromatic heterocycles. The maximum absolute atomic E-state index is 11.9. The van der Waals surface area contributed by atoms with Crippen molar-refractivity contribution in [1.29, 1.82) is 0 Å². The van der Waals surface area contributed by atoms with E-state index in [4.69, 9.17) is 10.8 Å². The molecule has 19 heavy (non-hydrogen) atoms. The summed E-state index contributed by atoms with van der Waals surface area (Å²) in [7, 11) is 0. The quantitative estimate of drug-likeness (QED) is 0.666. The third kappa shape index (κ3) is 4.97. The number of amides is 1. The number of aliphatic hydroxyl groups is 1. The first-order valence-corrected chi connectivity index (χ1v) is 8.18. The molecule has 1 saturated carbocycles. The Kier molecular flexibility index (Phi) is 6.63. The lowest BCUT2D eigenvalue weighted by atomic mass is 9.80. The second kappa shape index (κ2) is 7.50. The fraction of sp³-hybridized carbons (Fsp3) is 0.929. The first-order valence-electron chi connectivity index (χ1n) is 7.23. The zero-order valence-corrected chi connectivity index (χ0v) is 13.1. The Morgan fingerprint density at radius 2 is 2.21 bits per heavy atom. The third-order valence-corrected chi connectivity index (χ3v) is 5.19. The van der Waals surface area contributed by atoms with Crippen LogP contribution in [0.4, 0.5) is 0 Å². The Balaban J connectivity index is 2.66. The van der Waals surface area contributed by atoms with E-state index in [0.29, 0.717) is 10.5 Å². The van der Waals surface area contributed by atoms with Crippen LogP contribution in [0.3, 0.4) is 0 Å². The molecule has 0 radical (unpaired) electrons. The van der Waals surface area contributed by atoms with Gasteiger partial charge in [0.05, 0.1) is 5.54 Å². The van der Waals surface area contributed by atoms with Gasteiger partial charge < -0.3 is 16.2 Å². The second-order valence-corrected chi connectivity index (χ2v) is 7.67. The van der Waals surface area contributed by atoms with E-state index in [1.165, 1.54) is 0 Å². The molecule has 0 spiro atoms. The Morgan fingerprint density at radius 1 is 1.53 bits per heavy atom. The van der Waals surface area contributed by atoms with Gasteiger partial charge in [0.15, 0.2) is 0 Å². The van der Waals surface area contributed by atoms with E-state index in [0.717, 1.165) is 32.1 Å². The molecule has 0 aromatic carbocycles. The first kappa shape index (κ1) is 16.8. The molecule has 1 rings (SSSR count). The molecule has 3 atom stereocenters. The highest BCUT2D eigenvalue weighted by atomic mass is 32.2. The lowest BCUT2D eigenvalue weighted by Crippen LogP contribution is -2.60. The van der Waals surface area contributed by atoms with Gasteiger partial charge in [-0.2, -0.15) is 11.8 Å². The van der Waals surface area contributed by atoms with Crippen molar-refractivity contribution in [3.05, 3.63) is 0 Å². The standard InChI is InChI=1S/C14H28N2O2S/c1-10(2)16-14(13(15)18)7-4-5-12(9-14)19-11(3)6-8-17/h10-12,16-17H,4-9H2,1-3H3,(H2,15,18). The summed E-state index contributed by atoms with van der Waals surface area (Å²) in [6, 6.07) is 0.256. The van der Waals surface area contributed by atoms with E-state index in [1.54, 1.807) is 0 Å². The van der Waals surface area contributed by atoms with Gasteiger partial charge in [-0.25, -0.2) is 0 Å². The van der Waals surface area contributed by atoms with Crippen molar-refractivity contribution >= 4 is 17.7 Å². The summed E-state index contributed by atoms with van der Waals surface area (Å²) in [4.78, 5) is 11.9. The van der Waals surface area contributed by atoms with Crippen LogP contribution in [0.2, 0.25) is 0 Å². The van der Waals surface area contributed by atoms with Crippen molar-refractivity contribution in [1.82, 2.24) is 5.32 Å². The van der Waals surface area contributed by atoms with Gasteiger partial charge in [-0.3, -0.25) is 4.79 Å². The van der Waals surface area contributed by atoms with E-state index in [9.17, 15) is 4.79 Å². The molecule has 0 saturated heterocycles. The number of nitrogens with two attached hydrogens (primary N) is 1. The average molecular weight is 288 g/mol. The molecule has 5 heteroatoms. The maximum Gasteiger partial charge on any atom is 0.237 e. The van der Waals surface area contributed by atoms with Crippen molar-refractivity contribution in [2.24, 2.45) is 5.73 Å². The number of rotatable bonds is 7. The molecule has 0 aliphatic heterocycles. The van der Waals surface area contributed by atoms with Crippen LogP contribution in [0.15, 0.2) is 0 Å². The lowest BCUT2D eigenvalue weighted by Gasteiger charge is -2.41. The highest BCUT2D eigenvalue weighted by Crippen LogP contribution is 2.37. The van der Waals surface area contributed by atoms with Crippen LogP contribution in [0.1, 0.15) is 52.9 Å². The van der Waals surface area contributed by atoms with Gasteiger partial charge in [0, 0.05) is 23.1 Å². The Morgan fingerprint density at radius 3 is 2.74 bits per heavy atom. The van der Waals surface area contributed by atoms with Crippen LogP contribution >= 0.6 is 11.8 Å². The molecule has 3 unspecified atom stereocenters. The van der Waals surface area contributed by atoms with Crippen molar-refractivity contribution in [2.45, 2.75) is 75.0 Å². The first-order chi connectivity index (χ1) is 8.89. The van der Waals surface area contributed by atoms with E-state index in [-0.39, 0.29) is 18.6 Å². The van der Waals surface area contributed by atoms with Crippen LogP contribution in [0.25, 0.3) is 0 Å². The minimum absolute atomic E-state index is 0.221. The molecular weight excluding hydrogens is 260 g/mol. The van der Waals surface area contributed by atoms with Crippen molar-refractivity contribution in [3.8, 4) is 0 Å². The Hall–Kier alpha value is -0.260. The van der Waals surface area contributed by atoms with E-state index >= 15 is 0 Å². The number of carbonyl (C=O) groups is 1. The number of hydrogen-bond acceptors (Lipinski definition) is 4. The van der Waals surface area contributed by atoms with Crippen LogP contribution in [0, 0.1) is 0 Å². The summed E-state index contributed by atoms with van der Waals surface area (Å²) in [6.45, 7) is 6.47. The minimum Gasteiger partial charge on any atom is -0.396 e. The molecule has 1 fully saturated rings. The van der Waals surface area contributed by atoms with Crippen LogP contribution in [0.5, 0.6) is 0 Å². The number of thioether (sulfide) groups is 1. The number of nitrogens with one attached hydrogen (secondary N) is 1. The molecule has 1 amide bonds. The second-order valence-electron chi connectivity index (χ2n) is 5.92. The summed E-state index contributed by atoms with van der Waals surface area (Å²) < 4.78 is 0. The van der Waals surface area contributed by atoms with Crippen molar-refractivity contribution < 1.29 is 9.90 Å². The predicted molar refractivity (Wildman–Crippen MR) is 81.2 cm³/mol. The summed E-state index contributed by atoms with van der Waals surface area (Å²) >= 11 is 1.88.